The molecular weight excluding hydrogens is 574 g/mol. The summed E-state index contributed by atoms with van der Waals surface area (Å²) >= 11 is 0. The Bertz CT molecular complexity index is 1260. The van der Waals surface area contributed by atoms with Gasteiger partial charge in [-0.1, -0.05) is 30.3 Å². The normalized spacial score (nSPS) is 16.4. The summed E-state index contributed by atoms with van der Waals surface area (Å²) in [6.45, 7) is 12.2. The first-order valence-electron chi connectivity index (χ1n) is 15.7. The van der Waals surface area contributed by atoms with Crippen LogP contribution in [-0.2, 0) is 20.7 Å². The number of hydrogen-bond acceptors (Lipinski definition) is 7. The van der Waals surface area contributed by atoms with E-state index in [1.54, 1.807) is 49.3 Å². The number of amides is 3. The number of rotatable bonds is 14. The minimum atomic E-state index is -0.634. The molecule has 248 valence electrons. The van der Waals surface area contributed by atoms with Gasteiger partial charge in [-0.2, -0.15) is 0 Å². The van der Waals surface area contributed by atoms with E-state index in [1.807, 2.05) is 69.9 Å². The van der Waals surface area contributed by atoms with Gasteiger partial charge in [0.25, 0.3) is 5.91 Å². The molecule has 1 aliphatic heterocycles. The van der Waals surface area contributed by atoms with Crippen molar-refractivity contribution in [1.29, 1.82) is 0 Å². The molecule has 0 saturated carbocycles. The maximum atomic E-state index is 14.0. The highest BCUT2D eigenvalue weighted by atomic mass is 16.6. The van der Waals surface area contributed by atoms with Gasteiger partial charge in [-0.3, -0.25) is 9.59 Å². The number of ether oxygens (including phenoxy) is 4. The minimum Gasteiger partial charge on any atom is -0.493 e. The van der Waals surface area contributed by atoms with Crippen LogP contribution < -0.4 is 9.47 Å². The maximum Gasteiger partial charge on any atom is 0.410 e. The summed E-state index contributed by atoms with van der Waals surface area (Å²) in [5, 5.41) is 0. The third-order valence-corrected chi connectivity index (χ3v) is 7.84. The lowest BCUT2D eigenvalue weighted by Crippen LogP contribution is -2.44. The highest BCUT2D eigenvalue weighted by Crippen LogP contribution is 2.31. The summed E-state index contributed by atoms with van der Waals surface area (Å²) in [5.41, 5.74) is 0.802. The second-order valence-electron chi connectivity index (χ2n) is 13.0. The zero-order valence-corrected chi connectivity index (χ0v) is 28.2. The van der Waals surface area contributed by atoms with Gasteiger partial charge < -0.3 is 33.6 Å². The number of likely N-dealkylation sites (N-methyl/N-ethyl adjacent to an activating group) is 1. The predicted molar refractivity (Wildman–Crippen MR) is 174 cm³/mol. The summed E-state index contributed by atoms with van der Waals surface area (Å²) < 4.78 is 22.2. The van der Waals surface area contributed by atoms with Crippen LogP contribution >= 0.6 is 0 Å². The Morgan fingerprint density at radius 2 is 1.60 bits per heavy atom. The molecule has 45 heavy (non-hydrogen) atoms. The van der Waals surface area contributed by atoms with Crippen molar-refractivity contribution in [2.45, 2.75) is 59.1 Å². The Hall–Kier alpha value is -3.79. The molecule has 2 aromatic carbocycles. The van der Waals surface area contributed by atoms with Crippen molar-refractivity contribution in [3.63, 3.8) is 0 Å². The largest absolute Gasteiger partial charge is 0.493 e. The number of carbonyl (C=O) groups excluding carboxylic acids is 3. The molecule has 0 aliphatic carbocycles. The van der Waals surface area contributed by atoms with E-state index in [9.17, 15) is 14.4 Å². The molecule has 1 saturated heterocycles. The van der Waals surface area contributed by atoms with Crippen molar-refractivity contribution in [2.75, 3.05) is 60.7 Å². The average molecular weight is 626 g/mol. The van der Waals surface area contributed by atoms with Crippen LogP contribution in [0.25, 0.3) is 0 Å². The topological polar surface area (TPSA) is 97.9 Å². The molecule has 10 heteroatoms. The van der Waals surface area contributed by atoms with Crippen LogP contribution in [0.1, 0.15) is 57.0 Å². The molecule has 0 aromatic heterocycles. The number of methoxy groups -OCH3 is 2. The summed E-state index contributed by atoms with van der Waals surface area (Å²) in [4.78, 5) is 45.5. The average Bonchev–Trinajstić information content (AvgIpc) is 3.39. The smallest absolute Gasteiger partial charge is 0.410 e. The highest BCUT2D eigenvalue weighted by molar-refractivity contribution is 5.95. The summed E-state index contributed by atoms with van der Waals surface area (Å²) in [6.07, 6.45) is 0.616. The summed E-state index contributed by atoms with van der Waals surface area (Å²) in [6, 6.07) is 14.7. The number of carbonyl (C=O) groups is 3. The molecule has 0 bridgehead atoms. The van der Waals surface area contributed by atoms with E-state index in [0.717, 1.165) is 5.56 Å². The van der Waals surface area contributed by atoms with Crippen molar-refractivity contribution in [3.8, 4) is 11.5 Å². The van der Waals surface area contributed by atoms with Crippen LogP contribution in [-0.4, -0.2) is 105 Å². The number of nitrogens with zero attached hydrogens (tertiary/aromatic N) is 3. The van der Waals surface area contributed by atoms with Crippen LogP contribution in [0.2, 0.25) is 0 Å². The third kappa shape index (κ3) is 10.7. The Morgan fingerprint density at radius 3 is 2.20 bits per heavy atom. The van der Waals surface area contributed by atoms with E-state index in [2.05, 4.69) is 0 Å². The van der Waals surface area contributed by atoms with Gasteiger partial charge >= 0.3 is 6.09 Å². The van der Waals surface area contributed by atoms with Gasteiger partial charge in [-0.25, -0.2) is 4.79 Å². The van der Waals surface area contributed by atoms with Crippen LogP contribution in [0, 0.1) is 11.8 Å². The molecule has 1 aliphatic rings. The van der Waals surface area contributed by atoms with Gasteiger partial charge in [-0.15, -0.1) is 0 Å². The second-order valence-corrected chi connectivity index (χ2v) is 13.0. The van der Waals surface area contributed by atoms with E-state index in [1.165, 1.54) is 0 Å². The second kappa shape index (κ2) is 16.5. The first-order valence-corrected chi connectivity index (χ1v) is 15.7. The zero-order valence-electron chi connectivity index (χ0n) is 28.2. The van der Waals surface area contributed by atoms with Gasteiger partial charge in [0, 0.05) is 76.8 Å². The van der Waals surface area contributed by atoms with Gasteiger partial charge in [0.1, 0.15) is 5.60 Å². The van der Waals surface area contributed by atoms with Crippen molar-refractivity contribution >= 4 is 17.9 Å². The Balaban J connectivity index is 1.81. The fourth-order valence-corrected chi connectivity index (χ4v) is 5.44. The molecule has 3 amide bonds. The minimum absolute atomic E-state index is 0.00345. The third-order valence-electron chi connectivity index (χ3n) is 7.84. The highest BCUT2D eigenvalue weighted by Gasteiger charge is 2.40. The van der Waals surface area contributed by atoms with Crippen LogP contribution in [0.5, 0.6) is 11.5 Å². The molecule has 1 fully saturated rings. The lowest BCUT2D eigenvalue weighted by atomic mass is 9.94. The molecule has 0 unspecified atom stereocenters. The SMILES string of the molecule is COCCCOc1cc(C(=O)N(C[C@@H]2CN(C(=O)OC(C)(C)C)C[C@H]2CN(C)C(=O)Cc2ccccc2)C(C)C)ccc1OC. The fourth-order valence-electron chi connectivity index (χ4n) is 5.44. The van der Waals surface area contributed by atoms with E-state index < -0.39 is 5.60 Å². The van der Waals surface area contributed by atoms with Gasteiger partial charge in [-0.05, 0) is 58.4 Å². The summed E-state index contributed by atoms with van der Waals surface area (Å²) in [7, 11) is 5.01. The van der Waals surface area contributed by atoms with Crippen molar-refractivity contribution < 1.29 is 33.3 Å². The van der Waals surface area contributed by atoms with E-state index in [0.29, 0.717) is 69.3 Å². The molecule has 0 spiro atoms. The van der Waals surface area contributed by atoms with Crippen molar-refractivity contribution in [3.05, 3.63) is 59.7 Å². The molecule has 2 aromatic rings. The van der Waals surface area contributed by atoms with Crippen LogP contribution in [0.15, 0.2) is 48.5 Å². The van der Waals surface area contributed by atoms with E-state index in [4.69, 9.17) is 18.9 Å². The molecule has 2 atom stereocenters. The molecule has 10 nitrogen and oxygen atoms in total. The summed E-state index contributed by atoms with van der Waals surface area (Å²) in [5.74, 6) is 0.787. The molecular formula is C35H51N3O7. The quantitative estimate of drug-likeness (QED) is 0.268. The van der Waals surface area contributed by atoms with Crippen LogP contribution in [0.4, 0.5) is 4.79 Å². The predicted octanol–water partition coefficient (Wildman–Crippen LogP) is 5.15. The Labute approximate surface area is 268 Å². The molecule has 0 radical (unpaired) electrons. The molecule has 1 heterocycles. The first kappa shape index (κ1) is 35.7. The van der Waals surface area contributed by atoms with Gasteiger partial charge in [0.2, 0.25) is 5.91 Å². The van der Waals surface area contributed by atoms with Crippen molar-refractivity contribution in [1.82, 2.24) is 14.7 Å². The number of likely N-dealkylation sites (tertiary alicyclic amines) is 1. The zero-order chi connectivity index (χ0) is 33.1. The van der Waals surface area contributed by atoms with Crippen LogP contribution in [0.3, 0.4) is 0 Å². The fraction of sp³-hybridized carbons (Fsp3) is 0.571. The lowest BCUT2D eigenvalue weighted by Gasteiger charge is -2.32. The van der Waals surface area contributed by atoms with E-state index in [-0.39, 0.29) is 35.8 Å². The maximum absolute atomic E-state index is 14.0. The number of benzene rings is 2. The standard InChI is InChI=1S/C35H51N3O7/c1-25(2)38(33(40)27-15-16-30(43-8)31(20-27)44-18-12-17-42-7)24-29-23-37(34(41)45-35(3,4)5)22-28(29)21-36(6)32(39)19-26-13-10-9-11-14-26/h9-11,13-16,20,25,28-29H,12,17-19,21-24H2,1-8H3/t28-,29+/m1/s1. The number of hydrogen-bond donors (Lipinski definition) is 0. The van der Waals surface area contributed by atoms with E-state index >= 15 is 0 Å². The van der Waals surface area contributed by atoms with Gasteiger partial charge in [0.15, 0.2) is 11.5 Å². The first-order chi connectivity index (χ1) is 21.3. The van der Waals surface area contributed by atoms with Crippen molar-refractivity contribution in [2.24, 2.45) is 11.8 Å². The lowest BCUT2D eigenvalue weighted by molar-refractivity contribution is -0.129. The molecule has 0 N–H and O–H groups in total. The monoisotopic (exact) mass is 625 g/mol. The molecule has 3 rings (SSSR count). The Kier molecular flexibility index (Phi) is 13.1. The Morgan fingerprint density at radius 1 is 0.933 bits per heavy atom. The van der Waals surface area contributed by atoms with Gasteiger partial charge in [0.05, 0.1) is 20.1 Å².